The molecule has 0 radical (unpaired) electrons. The van der Waals surface area contributed by atoms with Crippen LogP contribution in [0, 0.1) is 0 Å². The fraction of sp³-hybridized carbons (Fsp3) is 0.385. The molecule has 0 aliphatic rings. The number of hydrogen-bond donors (Lipinski definition) is 2. The number of carboxylic acids is 1. The number of nitrogens with one attached hydrogen (secondary N) is 1. The van der Waals surface area contributed by atoms with Gasteiger partial charge < -0.3 is 15.2 Å². The molecule has 0 aliphatic heterocycles. The van der Waals surface area contributed by atoms with E-state index in [1.165, 1.54) is 0 Å². The Kier molecular flexibility index (Phi) is 5.17. The lowest BCUT2D eigenvalue weighted by Crippen LogP contribution is -2.34. The second-order valence-corrected chi connectivity index (χ2v) is 3.90. The summed E-state index contributed by atoms with van der Waals surface area (Å²) >= 11 is 0. The molecule has 5 heteroatoms. The number of carbonyl (C=O) groups excluding carboxylic acids is 1. The van der Waals surface area contributed by atoms with Gasteiger partial charge in [-0.1, -0.05) is 12.1 Å². The zero-order valence-corrected chi connectivity index (χ0v) is 10.5. The topological polar surface area (TPSA) is 75.6 Å². The highest BCUT2D eigenvalue weighted by molar-refractivity contribution is 5.97. The Morgan fingerprint density at radius 1 is 1.39 bits per heavy atom. The van der Waals surface area contributed by atoms with Crippen LogP contribution >= 0.6 is 0 Å². The Bertz CT molecular complexity index is 431. The van der Waals surface area contributed by atoms with Gasteiger partial charge >= 0.3 is 5.97 Å². The van der Waals surface area contributed by atoms with Gasteiger partial charge in [0.15, 0.2) is 0 Å². The Labute approximate surface area is 106 Å². The third-order valence-corrected chi connectivity index (χ3v) is 2.29. The van der Waals surface area contributed by atoms with Gasteiger partial charge in [-0.2, -0.15) is 0 Å². The molecule has 0 saturated carbocycles. The number of amides is 1. The summed E-state index contributed by atoms with van der Waals surface area (Å²) in [5.74, 6) is -0.770. The van der Waals surface area contributed by atoms with Crippen molar-refractivity contribution in [3.63, 3.8) is 0 Å². The summed E-state index contributed by atoms with van der Waals surface area (Å²) in [5, 5.41) is 11.3. The van der Waals surface area contributed by atoms with Gasteiger partial charge in [0.2, 0.25) is 0 Å². The molecule has 5 nitrogen and oxygen atoms in total. The smallest absolute Gasteiger partial charge is 0.305 e. The molecular formula is C13H17NO4. The largest absolute Gasteiger partial charge is 0.493 e. The summed E-state index contributed by atoms with van der Waals surface area (Å²) in [6, 6.07) is 6.44. The molecule has 0 aromatic heterocycles. The molecule has 1 atom stereocenters. The summed E-state index contributed by atoms with van der Waals surface area (Å²) < 4.78 is 5.34. The standard InChI is InChI=1S/C13H17NO4/c1-3-18-11-7-5-4-6-10(11)13(17)14-9(2)8-12(15)16/h4-7,9H,3,8H2,1-2H3,(H,14,17)(H,15,16). The Morgan fingerprint density at radius 3 is 2.67 bits per heavy atom. The van der Waals surface area contributed by atoms with E-state index in [-0.39, 0.29) is 12.3 Å². The van der Waals surface area contributed by atoms with Crippen LogP contribution in [0.1, 0.15) is 30.6 Å². The van der Waals surface area contributed by atoms with Crippen molar-refractivity contribution in [3.8, 4) is 5.75 Å². The van der Waals surface area contributed by atoms with Crippen molar-refractivity contribution < 1.29 is 19.4 Å². The number of rotatable bonds is 6. The van der Waals surface area contributed by atoms with Crippen LogP contribution in [-0.2, 0) is 4.79 Å². The van der Waals surface area contributed by atoms with Crippen LogP contribution in [0.4, 0.5) is 0 Å². The van der Waals surface area contributed by atoms with Gasteiger partial charge in [0.1, 0.15) is 5.75 Å². The second kappa shape index (κ2) is 6.64. The van der Waals surface area contributed by atoms with Gasteiger partial charge in [-0.15, -0.1) is 0 Å². The van der Waals surface area contributed by atoms with Gasteiger partial charge in [0.05, 0.1) is 18.6 Å². The van der Waals surface area contributed by atoms with E-state index in [9.17, 15) is 9.59 Å². The van der Waals surface area contributed by atoms with Crippen molar-refractivity contribution in [2.45, 2.75) is 26.3 Å². The lowest BCUT2D eigenvalue weighted by molar-refractivity contribution is -0.137. The first kappa shape index (κ1) is 14.0. The summed E-state index contributed by atoms with van der Waals surface area (Å²) in [5.41, 5.74) is 0.414. The summed E-state index contributed by atoms with van der Waals surface area (Å²) in [6.07, 6.45) is -0.109. The highest BCUT2D eigenvalue weighted by Gasteiger charge is 2.15. The lowest BCUT2D eigenvalue weighted by Gasteiger charge is -2.14. The van der Waals surface area contributed by atoms with Crippen LogP contribution in [0.25, 0.3) is 0 Å². The zero-order valence-electron chi connectivity index (χ0n) is 10.5. The van der Waals surface area contributed by atoms with E-state index in [2.05, 4.69) is 5.32 Å². The minimum atomic E-state index is -0.944. The third-order valence-electron chi connectivity index (χ3n) is 2.29. The van der Waals surface area contributed by atoms with Crippen LogP contribution in [0.15, 0.2) is 24.3 Å². The van der Waals surface area contributed by atoms with Crippen molar-refractivity contribution in [2.24, 2.45) is 0 Å². The van der Waals surface area contributed by atoms with Gasteiger partial charge in [0.25, 0.3) is 5.91 Å². The van der Waals surface area contributed by atoms with E-state index in [4.69, 9.17) is 9.84 Å². The van der Waals surface area contributed by atoms with Gasteiger partial charge in [-0.05, 0) is 26.0 Å². The Balaban J connectivity index is 2.74. The maximum Gasteiger partial charge on any atom is 0.305 e. The second-order valence-electron chi connectivity index (χ2n) is 3.90. The van der Waals surface area contributed by atoms with E-state index >= 15 is 0 Å². The summed E-state index contributed by atoms with van der Waals surface area (Å²) in [6.45, 7) is 3.95. The monoisotopic (exact) mass is 251 g/mol. The number of benzene rings is 1. The maximum absolute atomic E-state index is 11.9. The molecule has 0 aliphatic carbocycles. The minimum Gasteiger partial charge on any atom is -0.493 e. The van der Waals surface area contributed by atoms with Crippen LogP contribution in [-0.4, -0.2) is 29.6 Å². The molecular weight excluding hydrogens is 234 g/mol. The Hall–Kier alpha value is -2.04. The van der Waals surface area contributed by atoms with Crippen LogP contribution in [0.5, 0.6) is 5.75 Å². The van der Waals surface area contributed by atoms with E-state index in [0.717, 1.165) is 0 Å². The van der Waals surface area contributed by atoms with Gasteiger partial charge in [-0.3, -0.25) is 9.59 Å². The van der Waals surface area contributed by atoms with Gasteiger partial charge in [-0.25, -0.2) is 0 Å². The highest BCUT2D eigenvalue weighted by Crippen LogP contribution is 2.17. The first-order valence-corrected chi connectivity index (χ1v) is 5.79. The average Bonchev–Trinajstić information content (AvgIpc) is 2.28. The normalized spacial score (nSPS) is 11.7. The number of carboxylic acid groups (broad SMARTS) is 1. The predicted octanol–water partition coefficient (Wildman–Crippen LogP) is 1.68. The van der Waals surface area contributed by atoms with Crippen LogP contribution < -0.4 is 10.1 Å². The average molecular weight is 251 g/mol. The molecule has 0 fully saturated rings. The molecule has 1 rings (SSSR count). The minimum absolute atomic E-state index is 0.109. The van der Waals surface area contributed by atoms with E-state index < -0.39 is 12.0 Å². The molecule has 0 saturated heterocycles. The van der Waals surface area contributed by atoms with Crippen molar-refractivity contribution in [2.75, 3.05) is 6.61 Å². The number of aliphatic carboxylic acids is 1. The third kappa shape index (κ3) is 4.08. The number of carbonyl (C=O) groups is 2. The molecule has 0 bridgehead atoms. The molecule has 98 valence electrons. The molecule has 0 spiro atoms. The fourth-order valence-corrected chi connectivity index (χ4v) is 1.55. The van der Waals surface area contributed by atoms with Crippen LogP contribution in [0.3, 0.4) is 0 Å². The van der Waals surface area contributed by atoms with Crippen molar-refractivity contribution in [1.29, 1.82) is 0 Å². The lowest BCUT2D eigenvalue weighted by atomic mass is 10.1. The number of ether oxygens (including phenoxy) is 1. The van der Waals surface area contributed by atoms with E-state index in [1.807, 2.05) is 6.92 Å². The zero-order chi connectivity index (χ0) is 13.5. The highest BCUT2D eigenvalue weighted by atomic mass is 16.5. The first-order valence-electron chi connectivity index (χ1n) is 5.79. The SMILES string of the molecule is CCOc1ccccc1C(=O)NC(C)CC(=O)O. The van der Waals surface area contributed by atoms with Crippen LogP contribution in [0.2, 0.25) is 0 Å². The molecule has 2 N–H and O–H groups in total. The molecule has 0 heterocycles. The number of hydrogen-bond acceptors (Lipinski definition) is 3. The van der Waals surface area contributed by atoms with E-state index in [1.54, 1.807) is 31.2 Å². The summed E-state index contributed by atoms with van der Waals surface area (Å²) in [4.78, 5) is 22.5. The van der Waals surface area contributed by atoms with Gasteiger partial charge in [0, 0.05) is 6.04 Å². The van der Waals surface area contributed by atoms with Crippen molar-refractivity contribution in [1.82, 2.24) is 5.32 Å². The number of para-hydroxylation sites is 1. The molecule has 1 aromatic carbocycles. The van der Waals surface area contributed by atoms with E-state index in [0.29, 0.717) is 17.9 Å². The quantitative estimate of drug-likeness (QED) is 0.806. The predicted molar refractivity (Wildman–Crippen MR) is 66.8 cm³/mol. The molecule has 1 amide bonds. The molecule has 1 aromatic rings. The fourth-order valence-electron chi connectivity index (χ4n) is 1.55. The molecule has 18 heavy (non-hydrogen) atoms. The first-order chi connectivity index (χ1) is 8.54. The van der Waals surface area contributed by atoms with Crippen molar-refractivity contribution in [3.05, 3.63) is 29.8 Å². The molecule has 1 unspecified atom stereocenters. The Morgan fingerprint density at radius 2 is 2.06 bits per heavy atom. The maximum atomic E-state index is 11.9. The summed E-state index contributed by atoms with van der Waals surface area (Å²) in [7, 11) is 0. The van der Waals surface area contributed by atoms with Crippen molar-refractivity contribution >= 4 is 11.9 Å².